The molecule has 0 aromatic heterocycles. The molecule has 0 heterocycles. The maximum absolute atomic E-state index is 12.7. The van der Waals surface area contributed by atoms with Crippen LogP contribution in [0.2, 0.25) is 5.02 Å². The second kappa shape index (κ2) is 12.2. The van der Waals surface area contributed by atoms with Gasteiger partial charge in [-0.2, -0.15) is 0 Å². The summed E-state index contributed by atoms with van der Waals surface area (Å²) in [6.07, 6.45) is 2.26. The van der Waals surface area contributed by atoms with Crippen molar-refractivity contribution in [1.82, 2.24) is 5.32 Å². The number of ether oxygens (including phenoxy) is 1. The number of amides is 1. The fraction of sp³-hybridized carbons (Fsp3) is 0.391. The lowest BCUT2D eigenvalue weighted by molar-refractivity contribution is -0.129. The minimum atomic E-state index is -0.447. The quantitative estimate of drug-likeness (QED) is 0.517. The highest BCUT2D eigenvalue weighted by molar-refractivity contribution is 6.30. The maximum atomic E-state index is 12.7. The maximum Gasteiger partial charge on any atom is 0.223 e. The zero-order valence-electron chi connectivity index (χ0n) is 16.7. The molecular weight excluding hydrogens is 390 g/mol. The predicted molar refractivity (Wildman–Crippen MR) is 114 cm³/mol. The Labute approximate surface area is 177 Å². The fourth-order valence-corrected chi connectivity index (χ4v) is 3.20. The zero-order valence-corrected chi connectivity index (χ0v) is 17.5. The van der Waals surface area contributed by atoms with Crippen LogP contribution in [0.25, 0.3) is 0 Å². The first-order valence-electron chi connectivity index (χ1n) is 9.79. The van der Waals surface area contributed by atoms with Gasteiger partial charge in [-0.1, -0.05) is 35.9 Å². The molecule has 0 fully saturated rings. The van der Waals surface area contributed by atoms with Crippen LogP contribution >= 0.6 is 11.6 Å². The van der Waals surface area contributed by atoms with Crippen LogP contribution in [0.5, 0.6) is 5.75 Å². The Morgan fingerprint density at radius 3 is 2.31 bits per heavy atom. The molecule has 0 aliphatic carbocycles. The van der Waals surface area contributed by atoms with E-state index in [4.69, 9.17) is 21.4 Å². The third-order valence-electron chi connectivity index (χ3n) is 4.68. The summed E-state index contributed by atoms with van der Waals surface area (Å²) in [5.74, 6) is 0.175. The van der Waals surface area contributed by atoms with E-state index in [1.165, 1.54) is 0 Å². The number of Topliss-reactive ketones (excluding diaryl/α,β-unsaturated/α-hetero) is 1. The first-order valence-corrected chi connectivity index (χ1v) is 10.2. The molecule has 2 N–H and O–H groups in total. The van der Waals surface area contributed by atoms with Crippen LogP contribution < -0.4 is 10.1 Å². The molecule has 2 aromatic carbocycles. The number of aliphatic hydroxyl groups excluding tert-OH is 1. The van der Waals surface area contributed by atoms with E-state index in [-0.39, 0.29) is 31.1 Å². The second-order valence-corrected chi connectivity index (χ2v) is 7.45. The summed E-state index contributed by atoms with van der Waals surface area (Å²) in [6, 6.07) is 14.7. The van der Waals surface area contributed by atoms with Gasteiger partial charge in [0.25, 0.3) is 0 Å². The molecule has 1 atom stereocenters. The van der Waals surface area contributed by atoms with E-state index in [9.17, 15) is 9.59 Å². The van der Waals surface area contributed by atoms with Crippen molar-refractivity contribution in [1.29, 1.82) is 0 Å². The number of aliphatic hydroxyl groups is 1. The molecule has 0 aliphatic rings. The first-order chi connectivity index (χ1) is 14.0. The van der Waals surface area contributed by atoms with E-state index < -0.39 is 5.92 Å². The molecule has 1 amide bonds. The molecule has 1 unspecified atom stereocenters. The van der Waals surface area contributed by atoms with Crippen molar-refractivity contribution in [2.24, 2.45) is 5.92 Å². The Morgan fingerprint density at radius 1 is 1.03 bits per heavy atom. The lowest BCUT2D eigenvalue weighted by Crippen LogP contribution is -2.34. The van der Waals surface area contributed by atoms with Crippen LogP contribution in [0, 0.1) is 5.92 Å². The third kappa shape index (κ3) is 8.26. The van der Waals surface area contributed by atoms with Gasteiger partial charge in [0.2, 0.25) is 5.91 Å². The van der Waals surface area contributed by atoms with Crippen molar-refractivity contribution in [3.8, 4) is 5.75 Å². The summed E-state index contributed by atoms with van der Waals surface area (Å²) in [5.41, 5.74) is 1.85. The van der Waals surface area contributed by atoms with Gasteiger partial charge < -0.3 is 15.2 Å². The van der Waals surface area contributed by atoms with Gasteiger partial charge in [-0.05, 0) is 54.7 Å². The van der Waals surface area contributed by atoms with Crippen LogP contribution in [0.15, 0.2) is 48.5 Å². The Morgan fingerprint density at radius 2 is 1.69 bits per heavy atom. The Hall–Kier alpha value is -2.37. The molecule has 0 spiro atoms. The standard InChI is InChI=1S/C23H28ClNO4/c1-29-22-10-6-17(7-11-22)14-19(23(28)25-12-2-3-13-26)16-21(27)15-18-4-8-20(24)9-5-18/h4-11,19,26H,2-3,12-16H2,1H3,(H,25,28). The highest BCUT2D eigenvalue weighted by Crippen LogP contribution is 2.19. The molecule has 2 aromatic rings. The third-order valence-corrected chi connectivity index (χ3v) is 4.94. The van der Waals surface area contributed by atoms with E-state index in [0.717, 1.165) is 16.9 Å². The average Bonchev–Trinajstić information content (AvgIpc) is 2.73. The van der Waals surface area contributed by atoms with E-state index >= 15 is 0 Å². The summed E-state index contributed by atoms with van der Waals surface area (Å²) in [5, 5.41) is 12.4. The minimum absolute atomic E-state index is 0.0105. The average molecular weight is 418 g/mol. The number of carbonyl (C=O) groups excluding carboxylic acids is 2. The van der Waals surface area contributed by atoms with Gasteiger partial charge in [-0.3, -0.25) is 9.59 Å². The molecule has 5 nitrogen and oxygen atoms in total. The zero-order chi connectivity index (χ0) is 21.1. The number of carbonyl (C=O) groups is 2. The van der Waals surface area contributed by atoms with Crippen molar-refractivity contribution in [3.63, 3.8) is 0 Å². The summed E-state index contributed by atoms with van der Waals surface area (Å²) in [6.45, 7) is 0.592. The molecule has 29 heavy (non-hydrogen) atoms. The van der Waals surface area contributed by atoms with Crippen LogP contribution in [-0.2, 0) is 22.4 Å². The number of benzene rings is 2. The van der Waals surface area contributed by atoms with Gasteiger partial charge in [0.15, 0.2) is 0 Å². The predicted octanol–water partition coefficient (Wildman–Crippen LogP) is 3.60. The van der Waals surface area contributed by atoms with Gasteiger partial charge in [0, 0.05) is 36.9 Å². The smallest absolute Gasteiger partial charge is 0.223 e. The molecule has 0 radical (unpaired) electrons. The molecule has 0 aliphatic heterocycles. The van der Waals surface area contributed by atoms with Gasteiger partial charge >= 0.3 is 0 Å². The van der Waals surface area contributed by atoms with Crippen molar-refractivity contribution in [2.75, 3.05) is 20.3 Å². The van der Waals surface area contributed by atoms with Gasteiger partial charge in [0.1, 0.15) is 11.5 Å². The van der Waals surface area contributed by atoms with Crippen LogP contribution in [0.4, 0.5) is 0 Å². The number of halogens is 1. The Balaban J connectivity index is 2.02. The highest BCUT2D eigenvalue weighted by atomic mass is 35.5. The lowest BCUT2D eigenvalue weighted by atomic mass is 9.91. The molecule has 156 valence electrons. The SMILES string of the molecule is COc1ccc(CC(CC(=O)Cc2ccc(Cl)cc2)C(=O)NCCCCO)cc1. The largest absolute Gasteiger partial charge is 0.497 e. The fourth-order valence-electron chi connectivity index (χ4n) is 3.07. The normalized spacial score (nSPS) is 11.7. The number of methoxy groups -OCH3 is 1. The minimum Gasteiger partial charge on any atom is -0.497 e. The van der Waals surface area contributed by atoms with Crippen LogP contribution in [0.3, 0.4) is 0 Å². The summed E-state index contributed by atoms with van der Waals surface area (Å²) < 4.78 is 5.17. The molecule has 0 saturated heterocycles. The van der Waals surface area contributed by atoms with Gasteiger partial charge in [-0.25, -0.2) is 0 Å². The van der Waals surface area contributed by atoms with Crippen LogP contribution in [-0.4, -0.2) is 37.1 Å². The highest BCUT2D eigenvalue weighted by Gasteiger charge is 2.22. The van der Waals surface area contributed by atoms with Crippen molar-refractivity contribution >= 4 is 23.3 Å². The van der Waals surface area contributed by atoms with E-state index in [0.29, 0.717) is 30.8 Å². The monoisotopic (exact) mass is 417 g/mol. The number of hydrogen-bond donors (Lipinski definition) is 2. The number of hydrogen-bond acceptors (Lipinski definition) is 4. The molecule has 6 heteroatoms. The number of ketones is 1. The topological polar surface area (TPSA) is 75.6 Å². The molecule has 0 bridgehead atoms. The van der Waals surface area contributed by atoms with Gasteiger partial charge in [0.05, 0.1) is 7.11 Å². The molecule has 0 saturated carbocycles. The van der Waals surface area contributed by atoms with Crippen molar-refractivity contribution in [2.45, 2.75) is 32.1 Å². The summed E-state index contributed by atoms with van der Waals surface area (Å²) in [4.78, 5) is 25.3. The van der Waals surface area contributed by atoms with E-state index in [2.05, 4.69) is 5.32 Å². The molecule has 2 rings (SSSR count). The number of nitrogens with one attached hydrogen (secondary N) is 1. The van der Waals surface area contributed by atoms with Crippen molar-refractivity contribution in [3.05, 3.63) is 64.7 Å². The van der Waals surface area contributed by atoms with Crippen molar-refractivity contribution < 1.29 is 19.4 Å². The van der Waals surface area contributed by atoms with E-state index in [1.807, 2.05) is 36.4 Å². The van der Waals surface area contributed by atoms with Crippen LogP contribution in [0.1, 0.15) is 30.4 Å². The summed E-state index contributed by atoms with van der Waals surface area (Å²) in [7, 11) is 1.60. The number of unbranched alkanes of at least 4 members (excludes halogenated alkanes) is 1. The van der Waals surface area contributed by atoms with E-state index in [1.54, 1.807) is 19.2 Å². The summed E-state index contributed by atoms with van der Waals surface area (Å²) >= 11 is 5.89. The second-order valence-electron chi connectivity index (χ2n) is 7.02. The Bertz CT molecular complexity index is 774. The lowest BCUT2D eigenvalue weighted by Gasteiger charge is -2.17. The first kappa shape index (κ1) is 22.9. The molecular formula is C23H28ClNO4. The van der Waals surface area contributed by atoms with Gasteiger partial charge in [-0.15, -0.1) is 0 Å². The Kier molecular flexibility index (Phi) is 9.68. The number of rotatable bonds is 12.